The highest BCUT2D eigenvalue weighted by Gasteiger charge is 2.09. The first kappa shape index (κ1) is 13.3. The predicted molar refractivity (Wildman–Crippen MR) is 75.4 cm³/mol. The average Bonchev–Trinajstić information content (AvgIpc) is 2.76. The maximum absolute atomic E-state index is 9.26. The Morgan fingerprint density at radius 3 is 3.00 bits per heavy atom. The molecule has 1 unspecified atom stereocenters. The van der Waals surface area contributed by atoms with E-state index < -0.39 is 6.10 Å². The Balaban J connectivity index is 2.22. The zero-order chi connectivity index (χ0) is 13.0. The van der Waals surface area contributed by atoms with Crippen molar-refractivity contribution in [3.05, 3.63) is 23.2 Å². The molecule has 98 valence electrons. The molecule has 1 N–H and O–H groups in total. The minimum Gasteiger partial charge on any atom is -0.489 e. The second kappa shape index (κ2) is 6.16. The fraction of sp³-hybridized carbons (Fsp3) is 0.500. The van der Waals surface area contributed by atoms with Crippen molar-refractivity contribution in [3.63, 3.8) is 0 Å². The van der Waals surface area contributed by atoms with Crippen molar-refractivity contribution in [3.8, 4) is 5.75 Å². The molecule has 0 fully saturated rings. The van der Waals surface area contributed by atoms with Gasteiger partial charge in [0.2, 0.25) is 0 Å². The van der Waals surface area contributed by atoms with Crippen molar-refractivity contribution in [1.82, 2.24) is 4.98 Å². The van der Waals surface area contributed by atoms with Gasteiger partial charge in [-0.2, -0.15) is 0 Å². The lowest BCUT2D eigenvalue weighted by molar-refractivity contribution is 0.123. The van der Waals surface area contributed by atoms with Crippen LogP contribution in [0.2, 0.25) is 0 Å². The van der Waals surface area contributed by atoms with Crippen molar-refractivity contribution >= 4 is 21.6 Å². The number of hydrogen-bond acceptors (Lipinski definition) is 4. The Labute approximate surface area is 111 Å². The molecular weight excluding hydrogens is 246 g/mol. The van der Waals surface area contributed by atoms with E-state index in [4.69, 9.17) is 4.74 Å². The Bertz CT molecular complexity index is 507. The monoisotopic (exact) mass is 265 g/mol. The van der Waals surface area contributed by atoms with Gasteiger partial charge in [0.25, 0.3) is 0 Å². The highest BCUT2D eigenvalue weighted by atomic mass is 32.1. The van der Waals surface area contributed by atoms with Crippen LogP contribution in [0.1, 0.15) is 31.7 Å². The van der Waals surface area contributed by atoms with Crippen LogP contribution >= 0.6 is 11.3 Å². The van der Waals surface area contributed by atoms with E-state index in [2.05, 4.69) is 18.0 Å². The van der Waals surface area contributed by atoms with E-state index in [0.29, 0.717) is 6.61 Å². The maximum atomic E-state index is 9.26. The minimum absolute atomic E-state index is 0.306. The van der Waals surface area contributed by atoms with Gasteiger partial charge in [-0.3, -0.25) is 0 Å². The van der Waals surface area contributed by atoms with Gasteiger partial charge >= 0.3 is 0 Å². The molecule has 1 aromatic heterocycles. The molecule has 3 nitrogen and oxygen atoms in total. The van der Waals surface area contributed by atoms with Gasteiger partial charge in [-0.15, -0.1) is 11.3 Å². The van der Waals surface area contributed by atoms with E-state index in [-0.39, 0.29) is 0 Å². The third-order valence-corrected chi connectivity index (χ3v) is 3.73. The van der Waals surface area contributed by atoms with Crippen LogP contribution in [0, 0.1) is 0 Å². The molecule has 4 heteroatoms. The summed E-state index contributed by atoms with van der Waals surface area (Å²) in [4.78, 5) is 4.64. The number of hydrogen-bond donors (Lipinski definition) is 1. The van der Waals surface area contributed by atoms with Crippen LogP contribution in [0.4, 0.5) is 0 Å². The van der Waals surface area contributed by atoms with Gasteiger partial charge in [-0.1, -0.05) is 19.4 Å². The number of unbranched alkanes of at least 4 members (excludes halogenated alkanes) is 1. The van der Waals surface area contributed by atoms with Crippen LogP contribution in [0.25, 0.3) is 10.2 Å². The van der Waals surface area contributed by atoms with Gasteiger partial charge in [0.15, 0.2) is 0 Å². The number of aromatic nitrogens is 1. The average molecular weight is 265 g/mol. The first-order chi connectivity index (χ1) is 8.70. The van der Waals surface area contributed by atoms with Crippen molar-refractivity contribution in [2.24, 2.45) is 0 Å². The lowest BCUT2D eigenvalue weighted by Crippen LogP contribution is -2.12. The molecule has 0 saturated carbocycles. The van der Waals surface area contributed by atoms with Crippen LogP contribution in [0.3, 0.4) is 0 Å². The summed E-state index contributed by atoms with van der Waals surface area (Å²) in [6.45, 7) is 4.21. The normalized spacial score (nSPS) is 12.8. The molecule has 0 aliphatic carbocycles. The first-order valence-corrected chi connectivity index (χ1v) is 7.21. The largest absolute Gasteiger partial charge is 0.489 e. The van der Waals surface area contributed by atoms with E-state index in [9.17, 15) is 5.11 Å². The lowest BCUT2D eigenvalue weighted by atomic mass is 10.2. The Hall–Kier alpha value is -1.13. The molecule has 0 saturated heterocycles. The van der Waals surface area contributed by atoms with Crippen molar-refractivity contribution in [2.45, 2.75) is 39.2 Å². The van der Waals surface area contributed by atoms with Crippen LogP contribution in [0.15, 0.2) is 18.2 Å². The molecule has 1 aromatic carbocycles. The number of aliphatic hydroxyl groups is 1. The van der Waals surface area contributed by atoms with Crippen molar-refractivity contribution < 1.29 is 9.84 Å². The molecule has 2 rings (SSSR count). The quantitative estimate of drug-likeness (QED) is 0.870. The minimum atomic E-state index is -0.460. The van der Waals surface area contributed by atoms with Gasteiger partial charge in [-0.25, -0.2) is 4.98 Å². The molecule has 0 spiro atoms. The summed E-state index contributed by atoms with van der Waals surface area (Å²) in [5.74, 6) is 0.771. The fourth-order valence-corrected chi connectivity index (χ4v) is 2.76. The Morgan fingerprint density at radius 1 is 1.44 bits per heavy atom. The zero-order valence-electron chi connectivity index (χ0n) is 10.8. The summed E-state index contributed by atoms with van der Waals surface area (Å²) in [5, 5.41) is 10.4. The highest BCUT2D eigenvalue weighted by Crippen LogP contribution is 2.30. The van der Waals surface area contributed by atoms with E-state index in [1.165, 1.54) is 17.8 Å². The van der Waals surface area contributed by atoms with Gasteiger partial charge in [0.05, 0.1) is 15.8 Å². The number of para-hydroxylation sites is 1. The number of rotatable bonds is 6. The number of benzene rings is 1. The zero-order valence-corrected chi connectivity index (χ0v) is 11.7. The molecule has 0 bridgehead atoms. The number of fused-ring (bicyclic) bond motifs is 1. The Morgan fingerprint density at radius 2 is 2.28 bits per heavy atom. The molecule has 18 heavy (non-hydrogen) atoms. The molecule has 0 radical (unpaired) electrons. The lowest BCUT2D eigenvalue weighted by Gasteiger charge is -2.07. The van der Waals surface area contributed by atoms with Crippen LogP contribution in [-0.4, -0.2) is 22.8 Å². The summed E-state index contributed by atoms with van der Waals surface area (Å²) in [6.07, 6.45) is 2.93. The van der Waals surface area contributed by atoms with Crippen molar-refractivity contribution in [1.29, 1.82) is 0 Å². The first-order valence-electron chi connectivity index (χ1n) is 6.40. The maximum Gasteiger partial charge on any atom is 0.146 e. The number of ether oxygens (including phenoxy) is 1. The smallest absolute Gasteiger partial charge is 0.146 e. The Kier molecular flexibility index (Phi) is 4.55. The fourth-order valence-electron chi connectivity index (χ4n) is 1.73. The number of aryl methyl sites for hydroxylation is 1. The van der Waals surface area contributed by atoms with Crippen LogP contribution in [0.5, 0.6) is 5.75 Å². The van der Waals surface area contributed by atoms with Gasteiger partial charge in [0, 0.05) is 0 Å². The predicted octanol–water partition coefficient (Wildman–Crippen LogP) is 3.40. The highest BCUT2D eigenvalue weighted by molar-refractivity contribution is 7.18. The molecule has 2 aromatic rings. The summed E-state index contributed by atoms with van der Waals surface area (Å²) >= 11 is 1.73. The number of thiazole rings is 1. The molecule has 0 amide bonds. The number of nitrogens with zero attached hydrogens (tertiary/aromatic N) is 1. The summed E-state index contributed by atoms with van der Waals surface area (Å²) in [5.41, 5.74) is 0.925. The molecule has 1 atom stereocenters. The molecule has 0 aliphatic rings. The molecule has 1 heterocycles. The van der Waals surface area contributed by atoms with E-state index in [0.717, 1.165) is 22.4 Å². The van der Waals surface area contributed by atoms with E-state index in [1.54, 1.807) is 18.3 Å². The topological polar surface area (TPSA) is 42.4 Å². The summed E-state index contributed by atoms with van der Waals surface area (Å²) in [6, 6.07) is 5.95. The standard InChI is InChI=1S/C14H19NO2S/c1-3-4-8-13-15-14-11(17-9-10(2)16)6-5-7-12(14)18-13/h5-7,10,16H,3-4,8-9H2,1-2H3. The molecule has 0 aliphatic heterocycles. The second-order valence-corrected chi connectivity index (χ2v) is 5.59. The third kappa shape index (κ3) is 3.21. The number of aliphatic hydroxyl groups excluding tert-OH is 1. The van der Waals surface area contributed by atoms with Crippen LogP contribution < -0.4 is 4.74 Å². The van der Waals surface area contributed by atoms with Gasteiger partial charge in [-0.05, 0) is 31.9 Å². The molecular formula is C14H19NO2S. The van der Waals surface area contributed by atoms with E-state index in [1.807, 2.05) is 12.1 Å². The van der Waals surface area contributed by atoms with Gasteiger partial charge < -0.3 is 9.84 Å². The van der Waals surface area contributed by atoms with E-state index >= 15 is 0 Å². The summed E-state index contributed by atoms with van der Waals surface area (Å²) < 4.78 is 6.75. The second-order valence-electron chi connectivity index (χ2n) is 4.47. The SMILES string of the molecule is CCCCc1nc2c(OCC(C)O)cccc2s1. The van der Waals surface area contributed by atoms with Gasteiger partial charge in [0.1, 0.15) is 17.9 Å². The third-order valence-electron chi connectivity index (χ3n) is 2.65. The van der Waals surface area contributed by atoms with Crippen LogP contribution in [-0.2, 0) is 6.42 Å². The summed E-state index contributed by atoms with van der Waals surface area (Å²) in [7, 11) is 0. The van der Waals surface area contributed by atoms with Crippen molar-refractivity contribution in [2.75, 3.05) is 6.61 Å².